The topological polar surface area (TPSA) is 54.4 Å². The van der Waals surface area contributed by atoms with Gasteiger partial charge in [0.2, 0.25) is 0 Å². The van der Waals surface area contributed by atoms with Crippen molar-refractivity contribution in [3.05, 3.63) is 11.6 Å². The molecule has 0 bridgehead atoms. The number of hydrogen-bond donors (Lipinski definition) is 1. The van der Waals surface area contributed by atoms with Crippen molar-refractivity contribution in [3.63, 3.8) is 0 Å². The zero-order chi connectivity index (χ0) is 11.9. The first kappa shape index (κ1) is 12.0. The molecule has 1 rings (SSSR count). The summed E-state index contributed by atoms with van der Waals surface area (Å²) in [5.41, 5.74) is 0.191. The number of ketones is 1. The van der Waals surface area contributed by atoms with Gasteiger partial charge in [0.05, 0.1) is 0 Å². The summed E-state index contributed by atoms with van der Waals surface area (Å²) in [6.07, 6.45) is 2.15. The molecule has 0 aromatic heterocycles. The van der Waals surface area contributed by atoms with E-state index in [0.29, 0.717) is 12.8 Å². The van der Waals surface area contributed by atoms with E-state index in [4.69, 9.17) is 5.11 Å². The largest absolute Gasteiger partial charge is 0.478 e. The Balaban J connectivity index is 3.19. The van der Waals surface area contributed by atoms with Gasteiger partial charge in [0.15, 0.2) is 0 Å². The molecule has 0 spiro atoms. The fraction of sp³-hybridized carbons (Fsp3) is 0.667. The lowest BCUT2D eigenvalue weighted by molar-refractivity contribution is -0.132. The van der Waals surface area contributed by atoms with Crippen LogP contribution in [0.2, 0.25) is 0 Å². The Bertz CT molecular complexity index is 313. The molecule has 1 N–H and O–H groups in total. The van der Waals surface area contributed by atoms with Crippen LogP contribution in [0.5, 0.6) is 0 Å². The van der Waals surface area contributed by atoms with Gasteiger partial charge in [-0.05, 0) is 10.8 Å². The van der Waals surface area contributed by atoms with Gasteiger partial charge in [-0.15, -0.1) is 0 Å². The second-order valence-electron chi connectivity index (χ2n) is 5.56. The number of hydrogen-bond acceptors (Lipinski definition) is 2. The molecule has 0 atom stereocenters. The van der Waals surface area contributed by atoms with E-state index in [-0.39, 0.29) is 16.6 Å². The number of carboxylic acids is 1. The molecule has 3 heteroatoms. The molecule has 0 heterocycles. The number of aliphatic carboxylic acids is 1. The second-order valence-corrected chi connectivity index (χ2v) is 5.56. The van der Waals surface area contributed by atoms with E-state index in [1.807, 2.05) is 27.7 Å². The quantitative estimate of drug-likeness (QED) is 0.676. The van der Waals surface area contributed by atoms with Gasteiger partial charge >= 0.3 is 5.97 Å². The first-order valence-corrected chi connectivity index (χ1v) is 5.12. The molecular weight excluding hydrogens is 192 g/mol. The molecule has 15 heavy (non-hydrogen) atoms. The molecule has 0 aromatic carbocycles. The molecule has 0 unspecified atom stereocenters. The summed E-state index contributed by atoms with van der Waals surface area (Å²) < 4.78 is 0. The number of carbonyl (C=O) groups is 2. The monoisotopic (exact) mass is 210 g/mol. The fourth-order valence-corrected chi connectivity index (χ4v) is 2.67. The van der Waals surface area contributed by atoms with E-state index in [0.717, 1.165) is 5.57 Å². The van der Waals surface area contributed by atoms with Crippen LogP contribution in [0.25, 0.3) is 0 Å². The predicted octanol–water partition coefficient (Wildman–Crippen LogP) is 2.41. The zero-order valence-electron chi connectivity index (χ0n) is 9.76. The maximum absolute atomic E-state index is 11.6. The van der Waals surface area contributed by atoms with Crippen molar-refractivity contribution >= 4 is 11.8 Å². The van der Waals surface area contributed by atoms with Crippen LogP contribution in [-0.2, 0) is 9.59 Å². The van der Waals surface area contributed by atoms with Gasteiger partial charge in [-0.3, -0.25) is 4.79 Å². The van der Waals surface area contributed by atoms with E-state index < -0.39 is 5.97 Å². The summed E-state index contributed by atoms with van der Waals surface area (Å²) in [6, 6.07) is 0. The highest BCUT2D eigenvalue weighted by Crippen LogP contribution is 2.48. The number of allylic oxidation sites excluding steroid dienone is 1. The lowest BCUT2D eigenvalue weighted by Gasteiger charge is -2.42. The average Bonchev–Trinajstić information content (AvgIpc) is 1.94. The lowest BCUT2D eigenvalue weighted by Crippen LogP contribution is -2.37. The highest BCUT2D eigenvalue weighted by Gasteiger charge is 2.42. The van der Waals surface area contributed by atoms with Crippen molar-refractivity contribution in [2.24, 2.45) is 10.8 Å². The van der Waals surface area contributed by atoms with E-state index in [2.05, 4.69) is 0 Å². The Morgan fingerprint density at radius 2 is 1.60 bits per heavy atom. The average molecular weight is 210 g/mol. The normalized spacial score (nSPS) is 23.7. The molecule has 0 radical (unpaired) electrons. The van der Waals surface area contributed by atoms with Gasteiger partial charge in [0, 0.05) is 18.9 Å². The first-order valence-electron chi connectivity index (χ1n) is 5.12. The third-order valence-corrected chi connectivity index (χ3v) is 3.00. The SMILES string of the molecule is CC1(C)CC(=O)CC(C)(C)C1=CC(=O)O. The highest BCUT2D eigenvalue weighted by atomic mass is 16.4. The molecule has 1 fully saturated rings. The summed E-state index contributed by atoms with van der Waals surface area (Å²) in [6.45, 7) is 7.72. The Labute approximate surface area is 90.2 Å². The van der Waals surface area contributed by atoms with E-state index >= 15 is 0 Å². The lowest BCUT2D eigenvalue weighted by atomic mass is 9.61. The molecule has 84 valence electrons. The summed E-state index contributed by atoms with van der Waals surface area (Å²) in [5.74, 6) is -0.715. The van der Waals surface area contributed by atoms with Crippen molar-refractivity contribution in [2.45, 2.75) is 40.5 Å². The van der Waals surface area contributed by atoms with Gasteiger partial charge in [-0.2, -0.15) is 0 Å². The first-order chi connectivity index (χ1) is 6.65. The van der Waals surface area contributed by atoms with Crippen molar-refractivity contribution in [3.8, 4) is 0 Å². The van der Waals surface area contributed by atoms with E-state index in [9.17, 15) is 9.59 Å². The molecule has 0 saturated heterocycles. The van der Waals surface area contributed by atoms with Crippen molar-refractivity contribution in [2.75, 3.05) is 0 Å². The number of carboxylic acid groups (broad SMARTS) is 1. The maximum atomic E-state index is 11.6. The van der Waals surface area contributed by atoms with Gasteiger partial charge < -0.3 is 5.11 Å². The highest BCUT2D eigenvalue weighted by molar-refractivity contribution is 5.86. The Morgan fingerprint density at radius 1 is 1.20 bits per heavy atom. The van der Waals surface area contributed by atoms with Crippen LogP contribution in [-0.4, -0.2) is 16.9 Å². The molecule has 1 saturated carbocycles. The Morgan fingerprint density at radius 3 is 1.93 bits per heavy atom. The minimum Gasteiger partial charge on any atom is -0.478 e. The molecule has 1 aliphatic carbocycles. The Hall–Kier alpha value is -1.12. The molecule has 0 amide bonds. The van der Waals surface area contributed by atoms with Crippen LogP contribution in [0.15, 0.2) is 11.6 Å². The van der Waals surface area contributed by atoms with E-state index in [1.165, 1.54) is 6.08 Å². The molecule has 3 nitrogen and oxygen atoms in total. The predicted molar refractivity (Wildman–Crippen MR) is 57.5 cm³/mol. The van der Waals surface area contributed by atoms with Crippen molar-refractivity contribution in [1.82, 2.24) is 0 Å². The standard InChI is InChI=1S/C12H18O3/c1-11(2)6-8(13)7-12(3,4)9(11)5-10(14)15/h5H,6-7H2,1-4H3,(H,14,15). The summed E-state index contributed by atoms with van der Waals surface area (Å²) in [7, 11) is 0. The minimum absolute atomic E-state index is 0.215. The van der Waals surface area contributed by atoms with Crippen LogP contribution in [0, 0.1) is 10.8 Å². The molecule has 0 aliphatic heterocycles. The third-order valence-electron chi connectivity index (χ3n) is 3.00. The number of carbonyl (C=O) groups excluding carboxylic acids is 1. The van der Waals surface area contributed by atoms with Gasteiger partial charge in [0.25, 0.3) is 0 Å². The molecular formula is C12H18O3. The van der Waals surface area contributed by atoms with Crippen LogP contribution < -0.4 is 0 Å². The van der Waals surface area contributed by atoms with Gasteiger partial charge in [-0.25, -0.2) is 4.79 Å². The van der Waals surface area contributed by atoms with Crippen LogP contribution in [0.3, 0.4) is 0 Å². The third kappa shape index (κ3) is 2.46. The fourth-order valence-electron chi connectivity index (χ4n) is 2.67. The Kier molecular flexibility index (Phi) is 2.77. The van der Waals surface area contributed by atoms with Crippen LogP contribution >= 0.6 is 0 Å². The van der Waals surface area contributed by atoms with Gasteiger partial charge in [0.1, 0.15) is 5.78 Å². The molecule has 1 aliphatic rings. The summed E-state index contributed by atoms with van der Waals surface area (Å²) in [5, 5.41) is 8.83. The summed E-state index contributed by atoms with van der Waals surface area (Å²) >= 11 is 0. The number of Topliss-reactive ketones (excluding diaryl/α,β-unsaturated/α-hetero) is 1. The van der Waals surface area contributed by atoms with Crippen LogP contribution in [0.1, 0.15) is 40.5 Å². The second kappa shape index (κ2) is 3.47. The minimum atomic E-state index is -0.930. The zero-order valence-corrected chi connectivity index (χ0v) is 9.76. The smallest absolute Gasteiger partial charge is 0.328 e. The van der Waals surface area contributed by atoms with E-state index in [1.54, 1.807) is 0 Å². The van der Waals surface area contributed by atoms with Crippen LogP contribution in [0.4, 0.5) is 0 Å². The maximum Gasteiger partial charge on any atom is 0.328 e. The van der Waals surface area contributed by atoms with Crippen molar-refractivity contribution < 1.29 is 14.7 Å². The summed E-state index contributed by atoms with van der Waals surface area (Å²) in [4.78, 5) is 22.3. The van der Waals surface area contributed by atoms with Crippen molar-refractivity contribution in [1.29, 1.82) is 0 Å². The van der Waals surface area contributed by atoms with Gasteiger partial charge in [-0.1, -0.05) is 33.3 Å². The number of rotatable bonds is 1. The molecule has 0 aromatic rings.